The van der Waals surface area contributed by atoms with Crippen molar-refractivity contribution in [2.24, 2.45) is 0 Å². The Morgan fingerprint density at radius 1 is 0.500 bits per heavy atom. The predicted octanol–water partition coefficient (Wildman–Crippen LogP) is 5.50. The Kier molecular flexibility index (Phi) is 12.5. The Morgan fingerprint density at radius 3 is 0.900 bits per heavy atom. The highest BCUT2D eigenvalue weighted by molar-refractivity contribution is 6.95. The van der Waals surface area contributed by atoms with Crippen molar-refractivity contribution in [2.75, 3.05) is 19.8 Å². The van der Waals surface area contributed by atoms with Crippen molar-refractivity contribution in [3.63, 3.8) is 0 Å². The molecule has 3 unspecified atom stereocenters. The molecule has 0 aromatic carbocycles. The molecule has 1 aliphatic heterocycles. The molecule has 6 nitrogen and oxygen atoms in total. The highest BCUT2D eigenvalue weighted by atomic mass is 28.5. The summed E-state index contributed by atoms with van der Waals surface area (Å²) in [5.41, 5.74) is -0.167. The number of hydrogen-bond donors (Lipinski definition) is 0. The van der Waals surface area contributed by atoms with E-state index in [2.05, 4.69) is 62.3 Å². The molecule has 1 fully saturated rings. The van der Waals surface area contributed by atoms with Gasteiger partial charge >= 0.3 is 25.7 Å². The maximum absolute atomic E-state index is 7.05. The Morgan fingerprint density at radius 2 is 0.733 bits per heavy atom. The van der Waals surface area contributed by atoms with Crippen LogP contribution in [0.5, 0.6) is 0 Å². The van der Waals surface area contributed by atoms with Crippen LogP contribution in [0.3, 0.4) is 0 Å². The minimum absolute atomic E-state index is 0.0556. The van der Waals surface area contributed by atoms with Crippen LogP contribution in [0.1, 0.15) is 81.6 Å². The van der Waals surface area contributed by atoms with Gasteiger partial charge in [0.05, 0.1) is 17.2 Å². The molecule has 0 amide bonds. The second-order valence-electron chi connectivity index (χ2n) is 8.34. The largest absolute Gasteiger partial charge is 0.412 e. The van der Waals surface area contributed by atoms with E-state index in [-0.39, 0.29) is 17.2 Å². The van der Waals surface area contributed by atoms with Crippen molar-refractivity contribution in [3.8, 4) is 0 Å². The van der Waals surface area contributed by atoms with Crippen LogP contribution in [-0.2, 0) is 26.6 Å². The normalized spacial score (nSPS) is 32.7. The highest BCUT2D eigenvalue weighted by Gasteiger charge is 2.66. The average Bonchev–Trinajstić information content (AvgIpc) is 2.78. The molecule has 0 spiro atoms. The smallest absolute Gasteiger partial charge is 0.350 e. The molecular formula is C21H48O6Si3. The summed E-state index contributed by atoms with van der Waals surface area (Å²) in [4.78, 5) is 0. The van der Waals surface area contributed by atoms with E-state index >= 15 is 0 Å². The summed E-state index contributed by atoms with van der Waals surface area (Å²) in [7, 11) is -8.09. The van der Waals surface area contributed by atoms with Gasteiger partial charge in [0.25, 0.3) is 0 Å². The van der Waals surface area contributed by atoms with Gasteiger partial charge in [-0.3, -0.25) is 0 Å². The first kappa shape index (κ1) is 28.4. The summed E-state index contributed by atoms with van der Waals surface area (Å²) in [5, 5.41) is 0. The third-order valence-electron chi connectivity index (χ3n) is 6.09. The first-order valence-corrected chi connectivity index (χ1v) is 18.5. The third kappa shape index (κ3) is 6.48. The summed E-state index contributed by atoms with van der Waals surface area (Å²) < 4.78 is 39.9. The van der Waals surface area contributed by atoms with Crippen molar-refractivity contribution in [1.29, 1.82) is 0 Å². The molecule has 0 bridgehead atoms. The summed E-state index contributed by atoms with van der Waals surface area (Å²) >= 11 is 0. The SMILES string of the molecule is CCCOC(C)[Si]1(CC)O[Si](CC)(C(C)OCCC)O[Si](CC)(C(C)OCCC)O1. The Balaban J connectivity index is 3.44. The standard InChI is InChI=1S/C21H48O6Si3/c1-10-16-22-19(7)28(13-4)25-29(14-5,20(8)23-17-11-2)27-30(15-6,26-28)21(9)24-18-12-3/h19-21H,10-18H2,1-9H3. The topological polar surface area (TPSA) is 55.4 Å². The maximum Gasteiger partial charge on any atom is 0.350 e. The van der Waals surface area contributed by atoms with Crippen LogP contribution < -0.4 is 0 Å². The lowest BCUT2D eigenvalue weighted by Crippen LogP contribution is -2.78. The lowest BCUT2D eigenvalue weighted by Gasteiger charge is -2.56. The molecule has 0 aromatic heterocycles. The predicted molar refractivity (Wildman–Crippen MR) is 129 cm³/mol. The van der Waals surface area contributed by atoms with Crippen LogP contribution in [-0.4, -0.2) is 62.7 Å². The van der Waals surface area contributed by atoms with Gasteiger partial charge in [0.15, 0.2) is 0 Å². The fourth-order valence-corrected chi connectivity index (χ4v) is 22.9. The van der Waals surface area contributed by atoms with Gasteiger partial charge in [-0.25, -0.2) is 0 Å². The maximum atomic E-state index is 7.05. The fourth-order valence-electron chi connectivity index (χ4n) is 4.00. The van der Waals surface area contributed by atoms with Crippen molar-refractivity contribution in [3.05, 3.63) is 0 Å². The van der Waals surface area contributed by atoms with Crippen molar-refractivity contribution < 1.29 is 26.6 Å². The Hall–Kier alpha value is 0.411. The summed E-state index contributed by atoms with van der Waals surface area (Å²) in [6.07, 6.45) is 2.94. The quantitative estimate of drug-likeness (QED) is 0.289. The molecular weight excluding hydrogens is 432 g/mol. The first-order chi connectivity index (χ1) is 14.2. The first-order valence-electron chi connectivity index (χ1n) is 12.2. The zero-order chi connectivity index (χ0) is 22.8. The van der Waals surface area contributed by atoms with Crippen molar-refractivity contribution >= 4 is 25.7 Å². The average molecular weight is 481 g/mol. The zero-order valence-electron chi connectivity index (χ0n) is 21.0. The van der Waals surface area contributed by atoms with Gasteiger partial charge in [-0.15, -0.1) is 0 Å². The highest BCUT2D eigenvalue weighted by Crippen LogP contribution is 2.42. The lowest BCUT2D eigenvalue weighted by molar-refractivity contribution is 0.0282. The Labute approximate surface area is 189 Å². The Bertz CT molecular complexity index is 409. The number of ether oxygens (including phenoxy) is 3. The van der Waals surface area contributed by atoms with Gasteiger partial charge in [0, 0.05) is 19.8 Å². The van der Waals surface area contributed by atoms with Gasteiger partial charge in [-0.1, -0.05) is 41.5 Å². The zero-order valence-corrected chi connectivity index (χ0v) is 24.0. The molecule has 1 rings (SSSR count). The van der Waals surface area contributed by atoms with E-state index in [0.717, 1.165) is 37.4 Å². The molecule has 3 atom stereocenters. The lowest BCUT2D eigenvalue weighted by atomic mass is 10.5. The van der Waals surface area contributed by atoms with Crippen LogP contribution in [0, 0.1) is 0 Å². The molecule has 180 valence electrons. The second-order valence-corrected chi connectivity index (χ2v) is 20.2. The minimum Gasteiger partial charge on any atom is -0.412 e. The van der Waals surface area contributed by atoms with Crippen LogP contribution in [0.4, 0.5) is 0 Å². The van der Waals surface area contributed by atoms with Gasteiger partial charge in [0.1, 0.15) is 0 Å². The summed E-state index contributed by atoms with van der Waals surface area (Å²) in [5.74, 6) is 0. The van der Waals surface area contributed by atoms with E-state index in [1.165, 1.54) is 0 Å². The van der Waals surface area contributed by atoms with Gasteiger partial charge in [-0.2, -0.15) is 0 Å². The second kappa shape index (κ2) is 13.2. The monoisotopic (exact) mass is 480 g/mol. The summed E-state index contributed by atoms with van der Waals surface area (Å²) in [6.45, 7) is 21.5. The number of rotatable bonds is 15. The molecule has 0 N–H and O–H groups in total. The fraction of sp³-hybridized carbons (Fsp3) is 1.00. The van der Waals surface area contributed by atoms with Crippen molar-refractivity contribution in [1.82, 2.24) is 0 Å². The van der Waals surface area contributed by atoms with Gasteiger partial charge in [0.2, 0.25) is 0 Å². The van der Waals surface area contributed by atoms with E-state index in [0.29, 0.717) is 19.8 Å². The van der Waals surface area contributed by atoms with E-state index in [1.807, 2.05) is 0 Å². The molecule has 30 heavy (non-hydrogen) atoms. The van der Waals surface area contributed by atoms with E-state index in [4.69, 9.17) is 26.6 Å². The van der Waals surface area contributed by atoms with Crippen LogP contribution in [0.25, 0.3) is 0 Å². The van der Waals surface area contributed by atoms with E-state index in [9.17, 15) is 0 Å². The van der Waals surface area contributed by atoms with Crippen LogP contribution in [0.2, 0.25) is 18.1 Å². The van der Waals surface area contributed by atoms with Crippen molar-refractivity contribution in [2.45, 2.75) is 117 Å². The molecule has 0 aliphatic carbocycles. The van der Waals surface area contributed by atoms with Gasteiger partial charge in [-0.05, 0) is 58.2 Å². The van der Waals surface area contributed by atoms with Gasteiger partial charge < -0.3 is 26.6 Å². The van der Waals surface area contributed by atoms with Crippen LogP contribution in [0.15, 0.2) is 0 Å². The summed E-state index contributed by atoms with van der Waals surface area (Å²) in [6, 6.07) is 2.52. The van der Waals surface area contributed by atoms with Crippen LogP contribution >= 0.6 is 0 Å². The minimum atomic E-state index is -2.70. The van der Waals surface area contributed by atoms with E-state index < -0.39 is 25.7 Å². The molecule has 0 saturated carbocycles. The molecule has 1 heterocycles. The molecule has 9 heteroatoms. The van der Waals surface area contributed by atoms with E-state index in [1.54, 1.807) is 0 Å². The third-order valence-corrected chi connectivity index (χ3v) is 21.6. The molecule has 0 radical (unpaired) electrons. The molecule has 0 aromatic rings. The molecule has 1 saturated heterocycles. The number of hydrogen-bond acceptors (Lipinski definition) is 6. The molecule has 1 aliphatic rings.